The lowest BCUT2D eigenvalue weighted by Gasteiger charge is -2.30. The normalized spacial score (nSPS) is 15.5. The number of benzene rings is 6. The van der Waals surface area contributed by atoms with Crippen LogP contribution in [-0.4, -0.2) is 15.0 Å². The van der Waals surface area contributed by atoms with Crippen LogP contribution in [0.4, 0.5) is 0 Å². The van der Waals surface area contributed by atoms with Crippen molar-refractivity contribution in [1.29, 1.82) is 0 Å². The van der Waals surface area contributed by atoms with Crippen LogP contribution >= 0.6 is 11.3 Å². The lowest BCUT2D eigenvalue weighted by Crippen LogP contribution is -2.29. The zero-order valence-corrected chi connectivity index (χ0v) is 28.7. The van der Waals surface area contributed by atoms with Gasteiger partial charge in [-0.2, -0.15) is 0 Å². The van der Waals surface area contributed by atoms with Gasteiger partial charge >= 0.3 is 0 Å². The van der Waals surface area contributed by atoms with Gasteiger partial charge in [0.1, 0.15) is 17.2 Å². The third-order valence-corrected chi connectivity index (χ3v) is 11.3. The van der Waals surface area contributed by atoms with Crippen LogP contribution in [0.1, 0.15) is 30.5 Å². The molecule has 1 unspecified atom stereocenters. The third kappa shape index (κ3) is 4.92. The predicted molar refractivity (Wildman–Crippen MR) is 211 cm³/mol. The van der Waals surface area contributed by atoms with Crippen LogP contribution in [-0.2, 0) is 5.41 Å². The van der Waals surface area contributed by atoms with Crippen LogP contribution in [0.5, 0.6) is 0 Å². The van der Waals surface area contributed by atoms with E-state index in [1.54, 1.807) is 11.3 Å². The number of para-hydroxylation sites is 1. The molecule has 9 aromatic rings. The Morgan fingerprint density at radius 1 is 0.549 bits per heavy atom. The molecule has 0 N–H and O–H groups in total. The molecule has 5 heteroatoms. The minimum Gasteiger partial charge on any atom is -0.456 e. The summed E-state index contributed by atoms with van der Waals surface area (Å²) in [6.45, 7) is 2.24. The molecule has 0 bridgehead atoms. The Kier molecular flexibility index (Phi) is 6.83. The maximum atomic E-state index is 6.76. The maximum Gasteiger partial charge on any atom is 0.163 e. The molecule has 0 aliphatic heterocycles. The molecule has 1 atom stereocenters. The quantitative estimate of drug-likeness (QED) is 0.182. The van der Waals surface area contributed by atoms with Crippen molar-refractivity contribution in [1.82, 2.24) is 15.0 Å². The van der Waals surface area contributed by atoms with Gasteiger partial charge in [-0.3, -0.25) is 0 Å². The molecule has 0 radical (unpaired) electrons. The zero-order valence-electron chi connectivity index (χ0n) is 27.9. The molecule has 3 heterocycles. The number of hydrogen-bond acceptors (Lipinski definition) is 5. The molecule has 1 aliphatic rings. The number of hydrogen-bond donors (Lipinski definition) is 0. The van der Waals surface area contributed by atoms with E-state index in [4.69, 9.17) is 19.4 Å². The molecule has 51 heavy (non-hydrogen) atoms. The van der Waals surface area contributed by atoms with Gasteiger partial charge in [-0.05, 0) is 48.2 Å². The van der Waals surface area contributed by atoms with Crippen molar-refractivity contribution in [3.05, 3.63) is 169 Å². The average Bonchev–Trinajstić information content (AvgIpc) is 3.77. The Bertz CT molecular complexity index is 2780. The molecule has 4 nitrogen and oxygen atoms in total. The van der Waals surface area contributed by atoms with Gasteiger partial charge in [0.25, 0.3) is 0 Å². The molecule has 0 fully saturated rings. The predicted octanol–water partition coefficient (Wildman–Crippen LogP) is 12.4. The summed E-state index contributed by atoms with van der Waals surface area (Å²) < 4.78 is 9.25. The number of rotatable bonds is 5. The first kappa shape index (κ1) is 29.7. The van der Waals surface area contributed by atoms with Crippen LogP contribution in [0.2, 0.25) is 0 Å². The summed E-state index contributed by atoms with van der Waals surface area (Å²) in [5.41, 5.74) is 7.92. The number of allylic oxidation sites excluding steroid dienone is 1. The van der Waals surface area contributed by atoms with Gasteiger partial charge in [0.15, 0.2) is 11.6 Å². The number of aromatic nitrogens is 3. The maximum absolute atomic E-state index is 6.76. The van der Waals surface area contributed by atoms with E-state index in [1.807, 2.05) is 24.3 Å². The molecule has 0 saturated heterocycles. The minimum atomic E-state index is -0.561. The molecule has 1 aliphatic carbocycles. The molecule has 10 rings (SSSR count). The molecule has 3 aromatic heterocycles. The van der Waals surface area contributed by atoms with Crippen LogP contribution in [0, 0.1) is 0 Å². The van der Waals surface area contributed by atoms with Crippen LogP contribution in [0.25, 0.3) is 82.2 Å². The summed E-state index contributed by atoms with van der Waals surface area (Å²) in [6, 6.07) is 51.0. The molecule has 0 spiro atoms. The van der Waals surface area contributed by atoms with E-state index < -0.39 is 5.41 Å². The topological polar surface area (TPSA) is 51.8 Å². The summed E-state index contributed by atoms with van der Waals surface area (Å²) in [4.78, 5) is 15.6. The Hall–Kier alpha value is -6.17. The molecule has 242 valence electrons. The van der Waals surface area contributed by atoms with E-state index in [1.165, 1.54) is 31.3 Å². The van der Waals surface area contributed by atoms with Gasteiger partial charge < -0.3 is 4.42 Å². The van der Waals surface area contributed by atoms with Crippen molar-refractivity contribution in [2.75, 3.05) is 0 Å². The first-order valence-corrected chi connectivity index (χ1v) is 18.1. The summed E-state index contributed by atoms with van der Waals surface area (Å²) >= 11 is 1.80. The second-order valence-electron chi connectivity index (χ2n) is 13.4. The lowest BCUT2D eigenvalue weighted by atomic mass is 9.74. The molecule has 0 saturated carbocycles. The van der Waals surface area contributed by atoms with Crippen LogP contribution in [0.3, 0.4) is 0 Å². The minimum absolute atomic E-state index is 0.561. The van der Waals surface area contributed by atoms with Gasteiger partial charge in [-0.15, -0.1) is 11.3 Å². The fourth-order valence-corrected chi connectivity index (χ4v) is 8.71. The van der Waals surface area contributed by atoms with E-state index in [0.29, 0.717) is 11.6 Å². The van der Waals surface area contributed by atoms with Crippen molar-refractivity contribution < 1.29 is 4.42 Å². The standard InChI is InChI=1S/C46H31N3OS/c1-46(27-11-19-38-41(46)37-18-10-17-34(42(37)50-38)31-23-21-30(22-24-31)29-12-4-2-5-13-29)45-48-43(32-14-6-3-7-15-32)47-44(49-45)33-25-26-36-35-16-8-9-20-39(35)51-40(36)28-33/h2-26,28H,27H2,1H3. The van der Waals surface area contributed by atoms with Crippen LogP contribution < -0.4 is 0 Å². The monoisotopic (exact) mass is 673 g/mol. The molecule has 6 aromatic carbocycles. The van der Waals surface area contributed by atoms with Crippen molar-refractivity contribution in [2.24, 2.45) is 0 Å². The molecular formula is C46H31N3OS. The molecule has 0 amide bonds. The number of nitrogens with zero attached hydrogens (tertiary/aromatic N) is 3. The smallest absolute Gasteiger partial charge is 0.163 e. The second-order valence-corrected chi connectivity index (χ2v) is 14.5. The first-order valence-electron chi connectivity index (χ1n) is 17.2. The van der Waals surface area contributed by atoms with Crippen molar-refractivity contribution >= 4 is 48.6 Å². The van der Waals surface area contributed by atoms with E-state index >= 15 is 0 Å². The fraction of sp³-hybridized carbons (Fsp3) is 0.0652. The highest BCUT2D eigenvalue weighted by molar-refractivity contribution is 7.25. The second kappa shape index (κ2) is 11.7. The number of thiophene rings is 1. The summed E-state index contributed by atoms with van der Waals surface area (Å²) in [5.74, 6) is 2.91. The SMILES string of the molecule is CC1(c2nc(-c3ccccc3)nc(-c3ccc4c(c3)sc3ccccc34)n2)CC=Cc2oc3c(-c4ccc(-c5ccccc5)cc4)cccc3c21. The average molecular weight is 674 g/mol. The van der Waals surface area contributed by atoms with Gasteiger partial charge in [-0.1, -0.05) is 140 Å². The highest BCUT2D eigenvalue weighted by atomic mass is 32.1. The van der Waals surface area contributed by atoms with Gasteiger partial charge in [0.2, 0.25) is 0 Å². The fourth-order valence-electron chi connectivity index (χ4n) is 7.56. The highest BCUT2D eigenvalue weighted by Gasteiger charge is 2.40. The summed E-state index contributed by atoms with van der Waals surface area (Å²) in [7, 11) is 0. The Balaban J connectivity index is 1.13. The van der Waals surface area contributed by atoms with E-state index in [2.05, 4.69) is 140 Å². The highest BCUT2D eigenvalue weighted by Crippen LogP contribution is 2.47. The number of furan rings is 1. The summed E-state index contributed by atoms with van der Waals surface area (Å²) in [5, 5.41) is 3.61. The third-order valence-electron chi connectivity index (χ3n) is 10.2. The number of fused-ring (bicyclic) bond motifs is 6. The largest absolute Gasteiger partial charge is 0.456 e. The van der Waals surface area contributed by atoms with Crippen LogP contribution in [0.15, 0.2) is 156 Å². The van der Waals surface area contributed by atoms with Crippen molar-refractivity contribution in [3.63, 3.8) is 0 Å². The van der Waals surface area contributed by atoms with E-state index in [9.17, 15) is 0 Å². The van der Waals surface area contributed by atoms with Gasteiger partial charge in [0.05, 0.1) is 5.41 Å². The first-order chi connectivity index (χ1) is 25.1. The van der Waals surface area contributed by atoms with E-state index in [-0.39, 0.29) is 0 Å². The Morgan fingerprint density at radius 2 is 1.18 bits per heavy atom. The molecular weight excluding hydrogens is 643 g/mol. The van der Waals surface area contributed by atoms with Gasteiger partial charge in [-0.25, -0.2) is 15.0 Å². The zero-order chi connectivity index (χ0) is 33.9. The lowest BCUT2D eigenvalue weighted by molar-refractivity contribution is 0.509. The van der Waals surface area contributed by atoms with Gasteiger partial charge in [0, 0.05) is 47.8 Å². The summed E-state index contributed by atoms with van der Waals surface area (Å²) in [6.07, 6.45) is 5.03. The van der Waals surface area contributed by atoms with Crippen molar-refractivity contribution in [2.45, 2.75) is 18.8 Å². The Labute approximate surface area is 299 Å². The van der Waals surface area contributed by atoms with E-state index in [0.717, 1.165) is 56.8 Å². The Morgan fingerprint density at radius 3 is 1.98 bits per heavy atom. The van der Waals surface area contributed by atoms with Crippen molar-refractivity contribution in [3.8, 4) is 45.0 Å².